The van der Waals surface area contributed by atoms with Gasteiger partial charge in [-0.1, -0.05) is 34.1 Å². The summed E-state index contributed by atoms with van der Waals surface area (Å²) in [6.45, 7) is 3.28. The maximum absolute atomic E-state index is 13.5. The fourth-order valence-electron chi connectivity index (χ4n) is 4.60. The summed E-state index contributed by atoms with van der Waals surface area (Å²) in [5.74, 6) is -3.51. The first-order valence-corrected chi connectivity index (χ1v) is 10.3. The maximum Gasteiger partial charge on any atom is 0.324 e. The first-order valence-electron chi connectivity index (χ1n) is 9.48. The molecule has 4 atom stereocenters. The highest BCUT2D eigenvalue weighted by Gasteiger charge is 2.67. The lowest BCUT2D eigenvalue weighted by molar-refractivity contribution is -0.147. The summed E-state index contributed by atoms with van der Waals surface area (Å²) in [4.78, 5) is 40.4. The van der Waals surface area contributed by atoms with Crippen molar-refractivity contribution >= 4 is 39.4 Å². The van der Waals surface area contributed by atoms with Crippen molar-refractivity contribution in [1.82, 2.24) is 5.32 Å². The molecule has 156 valence electrons. The third-order valence-electron chi connectivity index (χ3n) is 6.12. The van der Waals surface area contributed by atoms with Crippen LogP contribution in [0.4, 0.5) is 5.69 Å². The van der Waals surface area contributed by atoms with Crippen molar-refractivity contribution in [3.63, 3.8) is 0 Å². The third kappa shape index (κ3) is 2.86. The number of aryl methyl sites for hydroxylation is 1. The van der Waals surface area contributed by atoms with E-state index in [1.54, 1.807) is 30.3 Å². The summed E-state index contributed by atoms with van der Waals surface area (Å²) < 4.78 is 6.22. The summed E-state index contributed by atoms with van der Waals surface area (Å²) in [6.07, 6.45) is 0. The molecule has 0 aromatic heterocycles. The summed E-state index contributed by atoms with van der Waals surface area (Å²) in [6, 6.07) is 11.7. The second kappa shape index (κ2) is 7.21. The predicted molar refractivity (Wildman–Crippen MR) is 113 cm³/mol. The van der Waals surface area contributed by atoms with Crippen molar-refractivity contribution in [2.24, 2.45) is 11.8 Å². The van der Waals surface area contributed by atoms with Crippen LogP contribution in [-0.4, -0.2) is 35.5 Å². The number of rotatable bonds is 4. The van der Waals surface area contributed by atoms with E-state index < -0.39 is 41.2 Å². The molecule has 7 nitrogen and oxygen atoms in total. The lowest BCUT2D eigenvalue weighted by Gasteiger charge is -2.28. The third-order valence-corrected chi connectivity index (χ3v) is 6.61. The van der Waals surface area contributed by atoms with E-state index in [2.05, 4.69) is 21.2 Å². The number of methoxy groups -OCH3 is 1. The Morgan fingerprint density at radius 1 is 1.20 bits per heavy atom. The van der Waals surface area contributed by atoms with Gasteiger partial charge in [0.15, 0.2) is 0 Å². The van der Waals surface area contributed by atoms with Crippen LogP contribution < -0.4 is 15.0 Å². The average molecular weight is 473 g/mol. The number of fused-ring (bicyclic) bond motifs is 1. The van der Waals surface area contributed by atoms with E-state index >= 15 is 0 Å². The molecule has 2 aromatic rings. The summed E-state index contributed by atoms with van der Waals surface area (Å²) in [5, 5.41) is 13.1. The topological polar surface area (TPSA) is 95.9 Å². The van der Waals surface area contributed by atoms with E-state index in [4.69, 9.17) is 4.74 Å². The number of hydrogen-bond acceptors (Lipinski definition) is 5. The molecule has 2 aliphatic heterocycles. The SMILES string of the molecule is COc1ccc(Br)cc1C1NC(C)(C(=O)O)C2C(=O)N(c3ccccc3C)C(=O)C12. The number of anilines is 1. The highest BCUT2D eigenvalue weighted by atomic mass is 79.9. The van der Waals surface area contributed by atoms with Crippen LogP contribution in [0.1, 0.15) is 24.1 Å². The number of carbonyl (C=O) groups is 3. The molecule has 2 N–H and O–H groups in total. The minimum atomic E-state index is -1.60. The van der Waals surface area contributed by atoms with E-state index in [1.807, 2.05) is 19.1 Å². The maximum atomic E-state index is 13.5. The van der Waals surface area contributed by atoms with Gasteiger partial charge in [-0.3, -0.25) is 19.7 Å². The largest absolute Gasteiger partial charge is 0.496 e. The molecule has 0 bridgehead atoms. The Labute approximate surface area is 182 Å². The van der Waals surface area contributed by atoms with E-state index in [1.165, 1.54) is 14.0 Å². The molecule has 4 rings (SSSR count). The number of hydrogen-bond donors (Lipinski definition) is 2. The number of aliphatic carboxylic acids is 1. The van der Waals surface area contributed by atoms with E-state index in [0.29, 0.717) is 17.0 Å². The van der Waals surface area contributed by atoms with E-state index in [9.17, 15) is 19.5 Å². The first-order chi connectivity index (χ1) is 14.2. The standard InChI is InChI=1S/C22H21BrN2O5/c1-11-6-4-5-7-14(11)25-19(26)16-17(20(25)27)22(2,21(28)29)24-18(16)13-10-12(23)8-9-15(13)30-3/h4-10,16-18,24H,1-3H3,(H,28,29). The first kappa shape index (κ1) is 20.6. The van der Waals surface area contributed by atoms with Crippen LogP contribution in [0.3, 0.4) is 0 Å². The average Bonchev–Trinajstić information content (AvgIpc) is 3.17. The lowest BCUT2D eigenvalue weighted by Crippen LogP contribution is -2.53. The molecular weight excluding hydrogens is 452 g/mol. The number of ether oxygens (including phenoxy) is 1. The fraction of sp³-hybridized carbons (Fsp3) is 0.318. The number of carboxylic acid groups (broad SMARTS) is 1. The summed E-state index contributed by atoms with van der Waals surface area (Å²) >= 11 is 3.43. The van der Waals surface area contributed by atoms with Crippen LogP contribution in [0.2, 0.25) is 0 Å². The van der Waals surface area contributed by atoms with Gasteiger partial charge in [-0.2, -0.15) is 0 Å². The Morgan fingerprint density at radius 3 is 2.53 bits per heavy atom. The Kier molecular flexibility index (Phi) is 4.94. The predicted octanol–water partition coefficient (Wildman–Crippen LogP) is 3.06. The highest BCUT2D eigenvalue weighted by molar-refractivity contribution is 9.10. The zero-order valence-corrected chi connectivity index (χ0v) is 18.3. The van der Waals surface area contributed by atoms with Crippen LogP contribution >= 0.6 is 15.9 Å². The molecule has 2 heterocycles. The zero-order chi connectivity index (χ0) is 21.8. The van der Waals surface area contributed by atoms with Crippen molar-refractivity contribution in [2.75, 3.05) is 12.0 Å². The smallest absolute Gasteiger partial charge is 0.324 e. The van der Waals surface area contributed by atoms with Crippen molar-refractivity contribution in [1.29, 1.82) is 0 Å². The quantitative estimate of drug-likeness (QED) is 0.663. The van der Waals surface area contributed by atoms with Crippen molar-refractivity contribution in [2.45, 2.75) is 25.4 Å². The number of carboxylic acids is 1. The molecule has 2 amide bonds. The molecule has 0 saturated carbocycles. The van der Waals surface area contributed by atoms with Crippen LogP contribution in [-0.2, 0) is 14.4 Å². The Hall–Kier alpha value is -2.71. The van der Waals surface area contributed by atoms with Crippen molar-refractivity contribution in [3.8, 4) is 5.75 Å². The number of imide groups is 1. The van der Waals surface area contributed by atoms with Gasteiger partial charge in [0.2, 0.25) is 11.8 Å². The molecule has 0 spiro atoms. The number of para-hydroxylation sites is 1. The molecule has 8 heteroatoms. The van der Waals surface area contributed by atoms with Crippen LogP contribution in [0.15, 0.2) is 46.9 Å². The van der Waals surface area contributed by atoms with Gasteiger partial charge >= 0.3 is 5.97 Å². The number of benzene rings is 2. The number of nitrogens with zero attached hydrogens (tertiary/aromatic N) is 1. The molecule has 2 aliphatic rings. The summed E-state index contributed by atoms with van der Waals surface area (Å²) in [7, 11) is 1.51. The van der Waals surface area contributed by atoms with Gasteiger partial charge in [-0.25, -0.2) is 4.90 Å². The molecule has 30 heavy (non-hydrogen) atoms. The Balaban J connectivity index is 1.88. The zero-order valence-electron chi connectivity index (χ0n) is 16.7. The molecule has 0 radical (unpaired) electrons. The minimum absolute atomic E-state index is 0.413. The van der Waals surface area contributed by atoms with Crippen LogP contribution in [0, 0.1) is 18.8 Å². The number of amides is 2. The molecule has 0 aliphatic carbocycles. The van der Waals surface area contributed by atoms with Crippen molar-refractivity contribution in [3.05, 3.63) is 58.1 Å². The van der Waals surface area contributed by atoms with Gasteiger partial charge in [0, 0.05) is 16.1 Å². The van der Waals surface area contributed by atoms with Gasteiger partial charge in [0.1, 0.15) is 11.3 Å². The molecule has 2 saturated heterocycles. The molecular formula is C22H21BrN2O5. The molecule has 2 fully saturated rings. The molecule has 4 unspecified atom stereocenters. The van der Waals surface area contributed by atoms with Gasteiger partial charge in [0.25, 0.3) is 0 Å². The van der Waals surface area contributed by atoms with Gasteiger partial charge in [-0.15, -0.1) is 0 Å². The second-order valence-corrected chi connectivity index (χ2v) is 8.73. The fourth-order valence-corrected chi connectivity index (χ4v) is 4.98. The van der Waals surface area contributed by atoms with Crippen molar-refractivity contribution < 1.29 is 24.2 Å². The number of carbonyl (C=O) groups excluding carboxylic acids is 2. The Bertz CT molecular complexity index is 1070. The van der Waals surface area contributed by atoms with E-state index in [-0.39, 0.29) is 0 Å². The number of nitrogens with one attached hydrogen (secondary N) is 1. The lowest BCUT2D eigenvalue weighted by atomic mass is 9.80. The van der Waals surface area contributed by atoms with E-state index in [0.717, 1.165) is 14.9 Å². The van der Waals surface area contributed by atoms with Crippen LogP contribution in [0.5, 0.6) is 5.75 Å². The van der Waals surface area contributed by atoms with Gasteiger partial charge in [-0.05, 0) is 43.7 Å². The van der Waals surface area contributed by atoms with Crippen LogP contribution in [0.25, 0.3) is 0 Å². The summed E-state index contributed by atoms with van der Waals surface area (Å²) in [5.41, 5.74) is 0.266. The monoisotopic (exact) mass is 472 g/mol. The Morgan fingerprint density at radius 2 is 1.90 bits per heavy atom. The minimum Gasteiger partial charge on any atom is -0.496 e. The van der Waals surface area contributed by atoms with Gasteiger partial charge < -0.3 is 9.84 Å². The normalized spacial score (nSPS) is 28.0. The second-order valence-electron chi connectivity index (χ2n) is 7.82. The highest BCUT2D eigenvalue weighted by Crippen LogP contribution is 2.51. The number of halogens is 1. The molecule has 2 aromatic carbocycles. The van der Waals surface area contributed by atoms with Gasteiger partial charge in [0.05, 0.1) is 24.6 Å².